The number of pyridine rings is 1. The van der Waals surface area contributed by atoms with E-state index in [1.807, 2.05) is 50.2 Å². The number of rotatable bonds is 12. The first kappa shape index (κ1) is 19.7. The Balaban J connectivity index is 1.78. The van der Waals surface area contributed by atoms with Crippen LogP contribution in [-0.2, 0) is 11.3 Å². The number of unbranched alkanes of at least 4 members (excludes halogenated alkanes) is 2. The molecule has 2 aromatic heterocycles. The molecule has 0 fully saturated rings. The van der Waals surface area contributed by atoms with Crippen molar-refractivity contribution in [3.63, 3.8) is 0 Å². The Hall–Kier alpha value is -3.28. The van der Waals surface area contributed by atoms with Crippen molar-refractivity contribution in [3.8, 4) is 17.1 Å². The lowest BCUT2D eigenvalue weighted by Gasteiger charge is -2.30. The summed E-state index contributed by atoms with van der Waals surface area (Å²) < 4.78 is 29.4. The van der Waals surface area contributed by atoms with Crippen molar-refractivity contribution < 1.29 is 21.8 Å². The number of aliphatic carboxylic acids is 1. The van der Waals surface area contributed by atoms with E-state index < -0.39 is 12.5 Å². The summed E-state index contributed by atoms with van der Waals surface area (Å²) in [5.41, 5.74) is 2.05. The van der Waals surface area contributed by atoms with Gasteiger partial charge in [-0.3, -0.25) is 9.78 Å². The molecule has 0 radical (unpaired) electrons. The van der Waals surface area contributed by atoms with E-state index in [-0.39, 0.29) is 12.5 Å². The van der Waals surface area contributed by atoms with Gasteiger partial charge in [0.2, 0.25) is 0 Å². The van der Waals surface area contributed by atoms with Crippen LogP contribution in [0.4, 0.5) is 5.69 Å². The van der Waals surface area contributed by atoms with Gasteiger partial charge in [0.05, 0.1) is 21.8 Å². The Kier molecular flexibility index (Phi) is 7.11. The van der Waals surface area contributed by atoms with Gasteiger partial charge in [-0.05, 0) is 75.6 Å². The molecule has 3 rings (SSSR count). The summed E-state index contributed by atoms with van der Waals surface area (Å²) in [4.78, 5) is 16.5. The van der Waals surface area contributed by atoms with Crippen LogP contribution in [0.5, 0.6) is 5.75 Å². The lowest BCUT2D eigenvalue weighted by Crippen LogP contribution is -2.30. The smallest absolute Gasteiger partial charge is 0.303 e. The molecule has 0 unspecified atom stereocenters. The Morgan fingerprint density at radius 2 is 2.00 bits per heavy atom. The maximum Gasteiger partial charge on any atom is 0.303 e. The minimum Gasteiger partial charge on any atom is -0.492 e. The van der Waals surface area contributed by atoms with Gasteiger partial charge in [-0.15, -0.1) is 0 Å². The minimum atomic E-state index is -1.86. The minimum absolute atomic E-state index is 0.133. The quantitative estimate of drug-likeness (QED) is 0.371. The number of ether oxygens (including phenoxy) is 1. The standard InChI is InChI=1S/C25H30N2O4/c1-19(2)27(22-11-9-20(10-12-22)23-7-6-16-30-23)18-21-13-14-26-17-24(21)31-15-5-3-4-8-25(28)29/h6-7,9-14,16-17,19H,3-5,8,15,18H2,1-2H3,(H,28,29)/i18D2. The molecule has 0 saturated carbocycles. The molecular formula is C25H30N2O4. The van der Waals surface area contributed by atoms with Gasteiger partial charge in [0.15, 0.2) is 0 Å². The molecule has 0 atom stereocenters. The van der Waals surface area contributed by atoms with E-state index in [4.69, 9.17) is 17.0 Å². The molecule has 0 aliphatic carbocycles. The van der Waals surface area contributed by atoms with Crippen LogP contribution in [0, 0.1) is 0 Å². The van der Waals surface area contributed by atoms with E-state index in [9.17, 15) is 4.79 Å². The predicted octanol–water partition coefficient (Wildman–Crippen LogP) is 5.78. The number of nitrogens with zero attached hydrogens (tertiary/aromatic N) is 2. The fourth-order valence-electron chi connectivity index (χ4n) is 3.18. The van der Waals surface area contributed by atoms with E-state index in [0.29, 0.717) is 30.8 Å². The molecule has 31 heavy (non-hydrogen) atoms. The van der Waals surface area contributed by atoms with Crippen LogP contribution in [0.2, 0.25) is 0 Å². The first-order valence-electron chi connectivity index (χ1n) is 11.5. The van der Waals surface area contributed by atoms with Crippen LogP contribution in [0.15, 0.2) is 65.5 Å². The van der Waals surface area contributed by atoms with Gasteiger partial charge in [0, 0.05) is 42.0 Å². The largest absolute Gasteiger partial charge is 0.492 e. The van der Waals surface area contributed by atoms with Gasteiger partial charge in [0.25, 0.3) is 0 Å². The van der Waals surface area contributed by atoms with Crippen molar-refractivity contribution in [1.82, 2.24) is 4.98 Å². The molecule has 164 valence electrons. The molecule has 0 aliphatic heterocycles. The second-order valence-electron chi connectivity index (χ2n) is 7.52. The average molecular weight is 425 g/mol. The maximum absolute atomic E-state index is 10.6. The number of hydrogen-bond acceptors (Lipinski definition) is 5. The molecular weight excluding hydrogens is 392 g/mol. The molecule has 3 aromatic rings. The number of carboxylic acid groups (broad SMARTS) is 1. The number of carboxylic acids is 1. The van der Waals surface area contributed by atoms with Crippen LogP contribution in [0.1, 0.15) is 47.8 Å². The highest BCUT2D eigenvalue weighted by Gasteiger charge is 2.15. The lowest BCUT2D eigenvalue weighted by atomic mass is 10.1. The first-order valence-corrected chi connectivity index (χ1v) is 10.5. The number of aromatic nitrogens is 1. The molecule has 0 amide bonds. The summed E-state index contributed by atoms with van der Waals surface area (Å²) >= 11 is 0. The number of benzene rings is 1. The highest BCUT2D eigenvalue weighted by atomic mass is 16.5. The molecule has 0 bridgehead atoms. The van der Waals surface area contributed by atoms with Gasteiger partial charge in [-0.1, -0.05) is 0 Å². The van der Waals surface area contributed by atoms with Crippen molar-refractivity contribution in [1.29, 1.82) is 0 Å². The van der Waals surface area contributed by atoms with Gasteiger partial charge < -0.3 is 19.2 Å². The van der Waals surface area contributed by atoms with Crippen LogP contribution < -0.4 is 9.64 Å². The Bertz CT molecular complexity index is 1020. The normalized spacial score (nSPS) is 12.4. The Morgan fingerprint density at radius 3 is 2.68 bits per heavy atom. The van der Waals surface area contributed by atoms with E-state index in [1.54, 1.807) is 23.4 Å². The van der Waals surface area contributed by atoms with Crippen molar-refractivity contribution >= 4 is 11.7 Å². The molecule has 0 spiro atoms. The zero-order chi connectivity index (χ0) is 23.8. The third-order valence-electron chi connectivity index (χ3n) is 4.79. The van der Waals surface area contributed by atoms with Crippen LogP contribution >= 0.6 is 0 Å². The molecule has 2 heterocycles. The van der Waals surface area contributed by atoms with Gasteiger partial charge in [0.1, 0.15) is 11.5 Å². The Labute approximate surface area is 186 Å². The summed E-state index contributed by atoms with van der Waals surface area (Å²) in [7, 11) is 0. The van der Waals surface area contributed by atoms with Crippen molar-refractivity contribution in [2.75, 3.05) is 11.5 Å². The number of anilines is 1. The topological polar surface area (TPSA) is 75.8 Å². The van der Waals surface area contributed by atoms with E-state index in [0.717, 1.165) is 23.4 Å². The van der Waals surface area contributed by atoms with E-state index in [1.165, 1.54) is 6.20 Å². The fourth-order valence-corrected chi connectivity index (χ4v) is 3.18. The Morgan fingerprint density at radius 1 is 1.19 bits per heavy atom. The van der Waals surface area contributed by atoms with E-state index in [2.05, 4.69) is 4.98 Å². The average Bonchev–Trinajstić information content (AvgIpc) is 3.31. The third kappa shape index (κ3) is 6.60. The molecule has 0 saturated heterocycles. The maximum atomic E-state index is 10.6. The summed E-state index contributed by atoms with van der Waals surface area (Å²) in [5, 5.41) is 8.74. The van der Waals surface area contributed by atoms with Crippen molar-refractivity contribution in [2.45, 2.75) is 52.1 Å². The lowest BCUT2D eigenvalue weighted by molar-refractivity contribution is -0.137. The molecule has 1 aromatic carbocycles. The van der Waals surface area contributed by atoms with Gasteiger partial charge >= 0.3 is 5.97 Å². The summed E-state index contributed by atoms with van der Waals surface area (Å²) in [5.74, 6) is 0.344. The first-order chi connectivity index (χ1) is 15.8. The second-order valence-corrected chi connectivity index (χ2v) is 7.52. The van der Waals surface area contributed by atoms with Crippen LogP contribution in [0.3, 0.4) is 0 Å². The monoisotopic (exact) mass is 424 g/mol. The van der Waals surface area contributed by atoms with Crippen LogP contribution in [-0.4, -0.2) is 28.7 Å². The molecule has 0 aliphatic rings. The SMILES string of the molecule is [2H]C([2H])(c1ccncc1OCCCCCC(=O)O)N(c1ccc(-c2ccco2)cc1)C(C)C. The second kappa shape index (κ2) is 11.2. The van der Waals surface area contributed by atoms with Crippen molar-refractivity contribution in [2.24, 2.45) is 0 Å². The molecule has 6 nitrogen and oxygen atoms in total. The highest BCUT2D eigenvalue weighted by molar-refractivity contribution is 5.66. The zero-order valence-electron chi connectivity index (χ0n) is 20.0. The van der Waals surface area contributed by atoms with Gasteiger partial charge in [-0.2, -0.15) is 0 Å². The zero-order valence-corrected chi connectivity index (χ0v) is 18.0. The highest BCUT2D eigenvalue weighted by Crippen LogP contribution is 2.28. The number of carbonyl (C=O) groups is 1. The summed E-state index contributed by atoms with van der Waals surface area (Å²) in [6, 6.07) is 12.8. The summed E-state index contributed by atoms with van der Waals surface area (Å²) in [6.45, 7) is 2.40. The number of furan rings is 1. The fraction of sp³-hybridized carbons (Fsp3) is 0.360. The predicted molar refractivity (Wildman–Crippen MR) is 121 cm³/mol. The molecule has 6 heteroatoms. The van der Waals surface area contributed by atoms with E-state index >= 15 is 0 Å². The molecule has 1 N–H and O–H groups in total. The van der Waals surface area contributed by atoms with Crippen LogP contribution in [0.25, 0.3) is 11.3 Å². The third-order valence-corrected chi connectivity index (χ3v) is 4.79. The van der Waals surface area contributed by atoms with Gasteiger partial charge in [-0.25, -0.2) is 0 Å². The number of hydrogen-bond donors (Lipinski definition) is 1. The summed E-state index contributed by atoms with van der Waals surface area (Å²) in [6.07, 6.45) is 6.87. The van der Waals surface area contributed by atoms with Crippen molar-refractivity contribution in [3.05, 3.63) is 66.7 Å².